The lowest BCUT2D eigenvalue weighted by Gasteiger charge is -2.14. The van der Waals surface area contributed by atoms with Crippen molar-refractivity contribution in [2.45, 2.75) is 19.9 Å². The Morgan fingerprint density at radius 1 is 1.55 bits per heavy atom. The zero-order valence-corrected chi connectivity index (χ0v) is 11.7. The standard InChI is InChI=1S/C15H19FN2O2/c1-3-20-10-11(2)18-15(19)13-9-12(5-4-8-17)6-7-14(13)16/h6-7,9,11H,3,8,10,17H2,1-2H3,(H,18,19). The summed E-state index contributed by atoms with van der Waals surface area (Å²) in [6, 6.07) is 3.96. The van der Waals surface area contributed by atoms with Gasteiger partial charge in [0.2, 0.25) is 0 Å². The molecule has 0 fully saturated rings. The molecule has 5 heteroatoms. The van der Waals surface area contributed by atoms with Gasteiger partial charge in [-0.25, -0.2) is 4.39 Å². The van der Waals surface area contributed by atoms with Gasteiger partial charge in [0.15, 0.2) is 0 Å². The van der Waals surface area contributed by atoms with E-state index in [4.69, 9.17) is 10.5 Å². The van der Waals surface area contributed by atoms with Crippen LogP contribution in [-0.4, -0.2) is 31.7 Å². The Hall–Kier alpha value is -1.90. The molecule has 1 atom stereocenters. The normalized spacial score (nSPS) is 11.4. The smallest absolute Gasteiger partial charge is 0.254 e. The minimum Gasteiger partial charge on any atom is -0.380 e. The highest BCUT2D eigenvalue weighted by Crippen LogP contribution is 2.10. The second-order valence-electron chi connectivity index (χ2n) is 4.23. The molecule has 0 aliphatic rings. The summed E-state index contributed by atoms with van der Waals surface area (Å²) in [6.07, 6.45) is 0. The molecule has 1 aromatic carbocycles. The van der Waals surface area contributed by atoms with Crippen LogP contribution in [0.3, 0.4) is 0 Å². The largest absolute Gasteiger partial charge is 0.380 e. The lowest BCUT2D eigenvalue weighted by atomic mass is 10.1. The van der Waals surface area contributed by atoms with Crippen LogP contribution in [0.2, 0.25) is 0 Å². The van der Waals surface area contributed by atoms with Gasteiger partial charge in [0.05, 0.1) is 18.7 Å². The van der Waals surface area contributed by atoms with E-state index in [1.165, 1.54) is 18.2 Å². The number of hydrogen-bond donors (Lipinski definition) is 2. The molecule has 1 amide bonds. The molecule has 4 nitrogen and oxygen atoms in total. The highest BCUT2D eigenvalue weighted by atomic mass is 19.1. The molecule has 0 aliphatic carbocycles. The lowest BCUT2D eigenvalue weighted by Crippen LogP contribution is -2.36. The number of nitrogens with two attached hydrogens (primary N) is 1. The van der Waals surface area contributed by atoms with E-state index >= 15 is 0 Å². The number of carbonyl (C=O) groups excluding carboxylic acids is 1. The van der Waals surface area contributed by atoms with Gasteiger partial charge in [0.1, 0.15) is 5.82 Å². The monoisotopic (exact) mass is 278 g/mol. The lowest BCUT2D eigenvalue weighted by molar-refractivity contribution is 0.0868. The number of carbonyl (C=O) groups is 1. The van der Waals surface area contributed by atoms with E-state index in [-0.39, 0.29) is 18.2 Å². The van der Waals surface area contributed by atoms with Crippen molar-refractivity contribution in [3.8, 4) is 11.8 Å². The van der Waals surface area contributed by atoms with Crippen LogP contribution in [0.5, 0.6) is 0 Å². The number of halogens is 1. The fourth-order valence-corrected chi connectivity index (χ4v) is 1.57. The predicted molar refractivity (Wildman–Crippen MR) is 75.8 cm³/mol. The second kappa shape index (κ2) is 8.31. The first-order chi connectivity index (χ1) is 9.58. The average Bonchev–Trinajstić information content (AvgIpc) is 2.44. The van der Waals surface area contributed by atoms with Crippen LogP contribution in [-0.2, 0) is 4.74 Å². The fraction of sp³-hybridized carbons (Fsp3) is 0.400. The molecule has 0 heterocycles. The minimum absolute atomic E-state index is 0.0304. The van der Waals surface area contributed by atoms with Crippen molar-refractivity contribution >= 4 is 5.91 Å². The summed E-state index contributed by atoms with van der Waals surface area (Å²) in [5, 5.41) is 2.68. The van der Waals surface area contributed by atoms with Crippen LogP contribution in [0.25, 0.3) is 0 Å². The highest BCUT2D eigenvalue weighted by Gasteiger charge is 2.14. The summed E-state index contributed by atoms with van der Waals surface area (Å²) in [5.74, 6) is 4.37. The van der Waals surface area contributed by atoms with Gasteiger partial charge in [0.25, 0.3) is 5.91 Å². The number of ether oxygens (including phenoxy) is 1. The molecule has 20 heavy (non-hydrogen) atoms. The predicted octanol–water partition coefficient (Wildman–Crippen LogP) is 1.29. The first kappa shape index (κ1) is 16.2. The maximum atomic E-state index is 13.7. The zero-order valence-electron chi connectivity index (χ0n) is 11.7. The van der Waals surface area contributed by atoms with Crippen molar-refractivity contribution < 1.29 is 13.9 Å². The number of nitrogens with one attached hydrogen (secondary N) is 1. The van der Waals surface area contributed by atoms with E-state index in [0.29, 0.717) is 18.8 Å². The summed E-state index contributed by atoms with van der Waals surface area (Å²) in [5.41, 5.74) is 5.80. The molecule has 0 bridgehead atoms. The van der Waals surface area contributed by atoms with Crippen molar-refractivity contribution in [1.82, 2.24) is 5.32 Å². The van der Waals surface area contributed by atoms with Crippen LogP contribution < -0.4 is 11.1 Å². The molecule has 1 unspecified atom stereocenters. The molecule has 108 valence electrons. The second-order valence-corrected chi connectivity index (χ2v) is 4.23. The Bertz CT molecular complexity index is 520. The summed E-state index contributed by atoms with van der Waals surface area (Å²) in [7, 11) is 0. The van der Waals surface area contributed by atoms with Crippen molar-refractivity contribution in [3.63, 3.8) is 0 Å². The average molecular weight is 278 g/mol. The number of amides is 1. The van der Waals surface area contributed by atoms with E-state index in [0.717, 1.165) is 0 Å². The third-order valence-corrected chi connectivity index (χ3v) is 2.50. The van der Waals surface area contributed by atoms with Crippen molar-refractivity contribution in [3.05, 3.63) is 35.1 Å². The van der Waals surface area contributed by atoms with E-state index in [1.54, 1.807) is 6.92 Å². The van der Waals surface area contributed by atoms with Gasteiger partial charge >= 0.3 is 0 Å². The van der Waals surface area contributed by atoms with Gasteiger partial charge in [0, 0.05) is 18.2 Å². The SMILES string of the molecule is CCOCC(C)NC(=O)c1cc(C#CCN)ccc1F. The van der Waals surface area contributed by atoms with Gasteiger partial charge in [-0.3, -0.25) is 4.79 Å². The summed E-state index contributed by atoms with van der Waals surface area (Å²) >= 11 is 0. The van der Waals surface area contributed by atoms with Crippen molar-refractivity contribution in [2.75, 3.05) is 19.8 Å². The molecular weight excluding hydrogens is 259 g/mol. The number of hydrogen-bond acceptors (Lipinski definition) is 3. The van der Waals surface area contributed by atoms with E-state index in [1.807, 2.05) is 6.92 Å². The Balaban J connectivity index is 2.81. The summed E-state index contributed by atoms with van der Waals surface area (Å²) < 4.78 is 18.9. The molecule has 0 saturated carbocycles. The minimum atomic E-state index is -0.579. The van der Waals surface area contributed by atoms with E-state index in [9.17, 15) is 9.18 Å². The summed E-state index contributed by atoms with van der Waals surface area (Å²) in [4.78, 5) is 12.0. The molecular formula is C15H19FN2O2. The van der Waals surface area contributed by atoms with Crippen molar-refractivity contribution in [2.24, 2.45) is 5.73 Å². The Morgan fingerprint density at radius 2 is 2.30 bits per heavy atom. The Morgan fingerprint density at radius 3 is 2.95 bits per heavy atom. The summed E-state index contributed by atoms with van der Waals surface area (Å²) in [6.45, 7) is 4.83. The molecule has 0 spiro atoms. The third kappa shape index (κ3) is 5.00. The van der Waals surface area contributed by atoms with Crippen molar-refractivity contribution in [1.29, 1.82) is 0 Å². The molecule has 0 aliphatic heterocycles. The van der Waals surface area contributed by atoms with Gasteiger partial charge in [-0.15, -0.1) is 0 Å². The maximum Gasteiger partial charge on any atom is 0.254 e. The van der Waals surface area contributed by atoms with Crippen LogP contribution in [0.4, 0.5) is 4.39 Å². The molecule has 0 aromatic heterocycles. The number of benzene rings is 1. The molecule has 0 radical (unpaired) electrons. The first-order valence-electron chi connectivity index (χ1n) is 6.45. The maximum absolute atomic E-state index is 13.7. The van der Waals surface area contributed by atoms with Gasteiger partial charge in [-0.2, -0.15) is 0 Å². The van der Waals surface area contributed by atoms with Crippen LogP contribution in [0.15, 0.2) is 18.2 Å². The zero-order chi connectivity index (χ0) is 15.0. The Labute approximate surface area is 118 Å². The van der Waals surface area contributed by atoms with E-state index < -0.39 is 11.7 Å². The van der Waals surface area contributed by atoms with Crippen LogP contribution in [0.1, 0.15) is 29.8 Å². The molecule has 3 N–H and O–H groups in total. The Kier molecular flexibility index (Phi) is 6.71. The molecule has 0 saturated heterocycles. The third-order valence-electron chi connectivity index (χ3n) is 2.50. The van der Waals surface area contributed by atoms with Crippen LogP contribution in [0, 0.1) is 17.7 Å². The van der Waals surface area contributed by atoms with Gasteiger partial charge < -0.3 is 15.8 Å². The quantitative estimate of drug-likeness (QED) is 0.798. The van der Waals surface area contributed by atoms with Gasteiger partial charge in [-0.1, -0.05) is 11.8 Å². The van der Waals surface area contributed by atoms with Gasteiger partial charge in [-0.05, 0) is 32.0 Å². The first-order valence-corrected chi connectivity index (χ1v) is 6.45. The number of rotatable bonds is 5. The molecule has 1 aromatic rings. The highest BCUT2D eigenvalue weighted by molar-refractivity contribution is 5.95. The van der Waals surface area contributed by atoms with E-state index in [2.05, 4.69) is 17.2 Å². The molecule has 1 rings (SSSR count). The fourth-order valence-electron chi connectivity index (χ4n) is 1.57. The topological polar surface area (TPSA) is 64.3 Å². The van der Waals surface area contributed by atoms with Crippen LogP contribution >= 0.6 is 0 Å².